The van der Waals surface area contributed by atoms with E-state index in [1.165, 1.54) is 6.07 Å². The van der Waals surface area contributed by atoms with Crippen LogP contribution in [0.2, 0.25) is 0 Å². The van der Waals surface area contributed by atoms with Gasteiger partial charge in [-0.1, -0.05) is 36.0 Å². The van der Waals surface area contributed by atoms with Crippen LogP contribution in [0.15, 0.2) is 53.8 Å². The second-order valence-corrected chi connectivity index (χ2v) is 6.61. The molecule has 1 N–H and O–H groups in total. The number of anilines is 1. The number of aromatic nitrogens is 2. The summed E-state index contributed by atoms with van der Waals surface area (Å²) < 4.78 is 29.7. The fraction of sp³-hybridized carbons (Fsp3) is 0.111. The van der Waals surface area contributed by atoms with E-state index >= 15 is 0 Å². The molecule has 0 unspecified atom stereocenters. The summed E-state index contributed by atoms with van der Waals surface area (Å²) in [5, 5.41) is 3.52. The SMILES string of the molecule is O=C(Nc1ccccc1-c1cn2c(n1)SCC2)c1c(F)cccc1F. The van der Waals surface area contributed by atoms with Crippen molar-refractivity contribution in [1.82, 2.24) is 9.55 Å². The number of hydrogen-bond acceptors (Lipinski definition) is 3. The highest BCUT2D eigenvalue weighted by Crippen LogP contribution is 2.32. The molecule has 0 saturated heterocycles. The highest BCUT2D eigenvalue weighted by Gasteiger charge is 2.20. The number of amides is 1. The van der Waals surface area contributed by atoms with Crippen LogP contribution in [-0.4, -0.2) is 21.2 Å². The zero-order chi connectivity index (χ0) is 17.4. The van der Waals surface area contributed by atoms with Crippen molar-refractivity contribution in [2.24, 2.45) is 0 Å². The molecule has 1 aromatic heterocycles. The van der Waals surface area contributed by atoms with Gasteiger partial charge in [0.2, 0.25) is 0 Å². The van der Waals surface area contributed by atoms with Gasteiger partial charge in [-0.3, -0.25) is 4.79 Å². The second kappa shape index (κ2) is 6.33. The van der Waals surface area contributed by atoms with Crippen LogP contribution in [0.5, 0.6) is 0 Å². The van der Waals surface area contributed by atoms with Crippen molar-refractivity contribution in [2.45, 2.75) is 11.7 Å². The number of nitrogens with zero attached hydrogens (tertiary/aromatic N) is 2. The van der Waals surface area contributed by atoms with Gasteiger partial charge in [-0.05, 0) is 18.2 Å². The standard InChI is InChI=1S/C18H13F2N3OS/c19-12-5-3-6-13(20)16(12)17(24)21-14-7-2-1-4-11(14)15-10-23-8-9-25-18(23)22-15/h1-7,10H,8-9H2,(H,21,24). The Kier molecular flexibility index (Phi) is 4.01. The smallest absolute Gasteiger partial charge is 0.261 e. The van der Waals surface area contributed by atoms with E-state index in [-0.39, 0.29) is 0 Å². The molecule has 3 aromatic rings. The summed E-state index contributed by atoms with van der Waals surface area (Å²) in [4.78, 5) is 16.9. The average molecular weight is 357 g/mol. The Labute approximate surface area is 146 Å². The van der Waals surface area contributed by atoms with Crippen LogP contribution in [0.25, 0.3) is 11.3 Å². The number of para-hydroxylation sites is 1. The first-order valence-electron chi connectivity index (χ1n) is 7.68. The maximum absolute atomic E-state index is 13.8. The largest absolute Gasteiger partial charge is 0.325 e. The van der Waals surface area contributed by atoms with Gasteiger partial charge in [0.1, 0.15) is 17.2 Å². The predicted molar refractivity (Wildman–Crippen MR) is 92.7 cm³/mol. The molecule has 4 nitrogen and oxygen atoms in total. The fourth-order valence-corrected chi connectivity index (χ4v) is 3.70. The maximum atomic E-state index is 13.8. The van der Waals surface area contributed by atoms with Crippen LogP contribution in [0.3, 0.4) is 0 Å². The molecule has 1 aliphatic rings. The van der Waals surface area contributed by atoms with Crippen molar-refractivity contribution in [2.75, 3.05) is 11.1 Å². The van der Waals surface area contributed by atoms with Gasteiger partial charge in [0.05, 0.1) is 11.4 Å². The molecule has 2 heterocycles. The topological polar surface area (TPSA) is 46.9 Å². The third kappa shape index (κ3) is 2.91. The van der Waals surface area contributed by atoms with Crippen LogP contribution in [-0.2, 0) is 6.54 Å². The summed E-state index contributed by atoms with van der Waals surface area (Å²) in [5.41, 5.74) is 1.28. The van der Waals surface area contributed by atoms with E-state index in [1.807, 2.05) is 18.3 Å². The summed E-state index contributed by atoms with van der Waals surface area (Å²) >= 11 is 1.67. The summed E-state index contributed by atoms with van der Waals surface area (Å²) in [6.07, 6.45) is 1.92. The molecule has 0 bridgehead atoms. The van der Waals surface area contributed by atoms with Gasteiger partial charge in [-0.2, -0.15) is 0 Å². The Morgan fingerprint density at radius 3 is 2.64 bits per heavy atom. The molecule has 0 aliphatic carbocycles. The maximum Gasteiger partial charge on any atom is 0.261 e. The van der Waals surface area contributed by atoms with E-state index < -0.39 is 23.1 Å². The molecule has 126 valence electrons. The van der Waals surface area contributed by atoms with Crippen LogP contribution < -0.4 is 5.32 Å². The molecule has 1 aliphatic heterocycles. The first kappa shape index (κ1) is 15.8. The molecule has 0 spiro atoms. The van der Waals surface area contributed by atoms with Gasteiger partial charge in [-0.25, -0.2) is 13.8 Å². The molecule has 0 atom stereocenters. The molecule has 0 radical (unpaired) electrons. The fourth-order valence-electron chi connectivity index (χ4n) is 2.75. The highest BCUT2D eigenvalue weighted by atomic mass is 32.2. The Morgan fingerprint density at radius 2 is 1.88 bits per heavy atom. The lowest BCUT2D eigenvalue weighted by atomic mass is 10.1. The van der Waals surface area contributed by atoms with Crippen LogP contribution in [0.1, 0.15) is 10.4 Å². The Bertz CT molecular complexity index is 929. The third-order valence-electron chi connectivity index (χ3n) is 3.94. The number of nitrogens with one attached hydrogen (secondary N) is 1. The first-order valence-corrected chi connectivity index (χ1v) is 8.67. The van der Waals surface area contributed by atoms with E-state index in [4.69, 9.17) is 0 Å². The second-order valence-electron chi connectivity index (χ2n) is 5.55. The summed E-state index contributed by atoms with van der Waals surface area (Å²) in [7, 11) is 0. The van der Waals surface area contributed by atoms with Gasteiger partial charge >= 0.3 is 0 Å². The lowest BCUT2D eigenvalue weighted by Crippen LogP contribution is -2.16. The average Bonchev–Trinajstić information content (AvgIpc) is 3.17. The van der Waals surface area contributed by atoms with Gasteiger partial charge in [-0.15, -0.1) is 0 Å². The summed E-state index contributed by atoms with van der Waals surface area (Å²) in [5.74, 6) is -1.63. The minimum absolute atomic E-state index is 0.455. The Balaban J connectivity index is 1.68. The molecule has 0 fully saturated rings. The highest BCUT2D eigenvalue weighted by molar-refractivity contribution is 7.99. The van der Waals surface area contributed by atoms with Gasteiger partial charge in [0.25, 0.3) is 5.91 Å². The molecular weight excluding hydrogens is 344 g/mol. The van der Waals surface area contributed by atoms with Gasteiger partial charge in [0.15, 0.2) is 5.16 Å². The molecule has 25 heavy (non-hydrogen) atoms. The van der Waals surface area contributed by atoms with E-state index in [0.29, 0.717) is 16.9 Å². The lowest BCUT2D eigenvalue weighted by Gasteiger charge is -2.10. The van der Waals surface area contributed by atoms with E-state index in [9.17, 15) is 13.6 Å². The molecule has 1 amide bonds. The predicted octanol–water partition coefficient (Wildman–Crippen LogP) is 4.19. The van der Waals surface area contributed by atoms with Gasteiger partial charge < -0.3 is 9.88 Å². The molecule has 7 heteroatoms. The first-order chi connectivity index (χ1) is 12.1. The van der Waals surface area contributed by atoms with Crippen LogP contribution >= 0.6 is 11.8 Å². The third-order valence-corrected chi connectivity index (χ3v) is 4.92. The summed E-state index contributed by atoms with van der Waals surface area (Å²) in [6.45, 7) is 0.891. The number of imidazole rings is 1. The van der Waals surface area contributed by atoms with Crippen molar-refractivity contribution in [3.05, 3.63) is 65.9 Å². The normalized spacial score (nSPS) is 12.9. The lowest BCUT2D eigenvalue weighted by molar-refractivity contribution is 0.101. The summed E-state index contributed by atoms with van der Waals surface area (Å²) in [6, 6.07) is 10.4. The number of halogens is 2. The Morgan fingerprint density at radius 1 is 1.12 bits per heavy atom. The van der Waals surface area contributed by atoms with E-state index in [2.05, 4.69) is 14.9 Å². The van der Waals surface area contributed by atoms with Crippen molar-refractivity contribution in [1.29, 1.82) is 0 Å². The van der Waals surface area contributed by atoms with Crippen molar-refractivity contribution in [3.63, 3.8) is 0 Å². The van der Waals surface area contributed by atoms with E-state index in [1.54, 1.807) is 23.9 Å². The minimum atomic E-state index is -0.896. The van der Waals surface area contributed by atoms with Crippen LogP contribution in [0, 0.1) is 11.6 Å². The number of benzene rings is 2. The number of carbonyl (C=O) groups excluding carboxylic acids is 1. The number of fused-ring (bicyclic) bond motifs is 1. The molecule has 4 rings (SSSR count). The van der Waals surface area contributed by atoms with Crippen molar-refractivity contribution < 1.29 is 13.6 Å². The minimum Gasteiger partial charge on any atom is -0.325 e. The number of hydrogen-bond donors (Lipinski definition) is 1. The van der Waals surface area contributed by atoms with Gasteiger partial charge in [0, 0.05) is 24.1 Å². The van der Waals surface area contributed by atoms with Crippen molar-refractivity contribution in [3.8, 4) is 11.3 Å². The van der Waals surface area contributed by atoms with Crippen LogP contribution in [0.4, 0.5) is 14.5 Å². The zero-order valence-corrected chi connectivity index (χ0v) is 13.8. The zero-order valence-electron chi connectivity index (χ0n) is 13.0. The number of aryl methyl sites for hydroxylation is 1. The molecule has 2 aromatic carbocycles. The number of carbonyl (C=O) groups is 1. The number of thioether (sulfide) groups is 1. The monoisotopic (exact) mass is 357 g/mol. The van der Waals surface area contributed by atoms with E-state index in [0.717, 1.165) is 29.6 Å². The Hall–Kier alpha value is -2.67. The molecule has 0 saturated carbocycles. The quantitative estimate of drug-likeness (QED) is 0.765. The molecular formula is C18H13F2N3OS. The van der Waals surface area contributed by atoms with Crippen molar-refractivity contribution >= 4 is 23.4 Å². The number of rotatable bonds is 3.